The van der Waals surface area contributed by atoms with Gasteiger partial charge in [-0.2, -0.15) is 12.8 Å². The summed E-state index contributed by atoms with van der Waals surface area (Å²) in [5.41, 5.74) is 0. The minimum atomic E-state index is 0. The predicted octanol–water partition coefficient (Wildman–Crippen LogP) is 2.37. The van der Waals surface area contributed by atoms with E-state index < -0.39 is 0 Å². The van der Waals surface area contributed by atoms with E-state index in [0.717, 1.165) is 15.5 Å². The van der Waals surface area contributed by atoms with Crippen molar-refractivity contribution in [3.63, 3.8) is 0 Å². The van der Waals surface area contributed by atoms with E-state index in [1.807, 2.05) is 6.92 Å². The van der Waals surface area contributed by atoms with E-state index in [-0.39, 0.29) is 86.2 Å². The SMILES string of the molecule is CCC(=O)N(C)C.CCN(C)C.CC[C-]=O.CN[C-]=O.C[N+](C)(C)C.C[N+](C)(C)C.[CH3-].[CH3-].[Y].[Y]. The van der Waals surface area contributed by atoms with Crippen LogP contribution in [0.15, 0.2) is 0 Å². The van der Waals surface area contributed by atoms with Gasteiger partial charge in [-0.25, -0.2) is 0 Å². The van der Waals surface area contributed by atoms with Crippen LogP contribution in [0.25, 0.3) is 0 Å². The van der Waals surface area contributed by atoms with Crippen LogP contribution in [0.4, 0.5) is 0 Å². The van der Waals surface area contributed by atoms with E-state index in [9.17, 15) is 4.79 Å². The summed E-state index contributed by atoms with van der Waals surface area (Å²) in [7, 11) is 26.1. The van der Waals surface area contributed by atoms with Crippen LogP contribution in [0.1, 0.15) is 33.6 Å². The number of quaternary nitrogens is 2. The van der Waals surface area contributed by atoms with Crippen molar-refractivity contribution in [1.29, 1.82) is 0 Å². The van der Waals surface area contributed by atoms with Crippen LogP contribution in [0.3, 0.4) is 0 Å². The standard InChI is InChI=1S/C5H11NO.2C4H12N.C4H11N.C3H5O.C2H4NO.2CH3.2Y/c1-4-5(7)6(2)3;2*1-5(2,3)4;1-4-5(2)3;1-2-3-4;1-3-2-4;;;;/h4H2,1-3H3;2*1-4H3;4H2,1-3H3;2H2,1H3;1H3,(H,3,4);2*1H3;;/q;2*+1;;4*-1;;. The fraction of sp³-hybridized carbons (Fsp3) is 0.792. The second-order valence-corrected chi connectivity index (χ2v) is 9.25. The summed E-state index contributed by atoms with van der Waals surface area (Å²) in [6.45, 7) is 6.87. The molecule has 2 amide bonds. The van der Waals surface area contributed by atoms with Crippen molar-refractivity contribution in [3.8, 4) is 0 Å². The Morgan fingerprint density at radius 1 is 0.765 bits per heavy atom. The molecule has 208 valence electrons. The molecule has 0 aliphatic heterocycles. The maximum absolute atomic E-state index is 10.4. The summed E-state index contributed by atoms with van der Waals surface area (Å²) in [6, 6.07) is 0. The molecule has 0 aromatic rings. The molecular formula is C24H61N5O3Y2-2. The molecule has 2 radical (unpaired) electrons. The van der Waals surface area contributed by atoms with Crippen molar-refractivity contribution in [2.24, 2.45) is 0 Å². The van der Waals surface area contributed by atoms with Gasteiger partial charge in [-0.15, -0.1) is 0 Å². The van der Waals surface area contributed by atoms with Crippen molar-refractivity contribution in [3.05, 3.63) is 14.9 Å². The zero-order chi connectivity index (χ0) is 26.0. The molecular weight excluding hydrogens is 584 g/mol. The molecule has 0 saturated carbocycles. The number of nitrogens with zero attached hydrogens (tertiary/aromatic N) is 4. The fourth-order valence-corrected chi connectivity index (χ4v) is 0.316. The number of nitrogens with one attached hydrogen (secondary N) is 1. The van der Waals surface area contributed by atoms with E-state index in [0.29, 0.717) is 12.8 Å². The predicted molar refractivity (Wildman–Crippen MR) is 145 cm³/mol. The van der Waals surface area contributed by atoms with Crippen molar-refractivity contribution in [1.82, 2.24) is 15.1 Å². The Morgan fingerprint density at radius 3 is 0.941 bits per heavy atom. The Hall–Kier alpha value is 0.698. The number of rotatable bonds is 4. The molecule has 34 heavy (non-hydrogen) atoms. The van der Waals surface area contributed by atoms with Gasteiger partial charge in [-0.05, 0) is 27.7 Å². The summed E-state index contributed by atoms with van der Waals surface area (Å²) in [5.74, 6) is 0.181. The summed E-state index contributed by atoms with van der Waals surface area (Å²) in [4.78, 5) is 32.1. The molecule has 0 atom stereocenters. The molecule has 8 nitrogen and oxygen atoms in total. The van der Waals surface area contributed by atoms with Crippen LogP contribution in [-0.4, -0.2) is 136 Å². The Kier molecular flexibility index (Phi) is 89.2. The topological polar surface area (TPSA) is 69.7 Å². The van der Waals surface area contributed by atoms with Gasteiger partial charge in [0, 0.05) is 85.9 Å². The number of carbonyl (C=O) groups excluding carboxylic acids is 3. The number of hydrogen-bond acceptors (Lipinski definition) is 4. The minimum absolute atomic E-state index is 0. The molecule has 0 aromatic heterocycles. The van der Waals surface area contributed by atoms with Gasteiger partial charge in [0.1, 0.15) is 0 Å². The first kappa shape index (κ1) is 64.6. The van der Waals surface area contributed by atoms with Crippen LogP contribution >= 0.6 is 0 Å². The van der Waals surface area contributed by atoms with Crippen LogP contribution in [0.5, 0.6) is 0 Å². The summed E-state index contributed by atoms with van der Waals surface area (Å²) in [6.07, 6.45) is 4.23. The second-order valence-electron chi connectivity index (χ2n) is 9.25. The molecule has 0 bridgehead atoms. The molecule has 0 aliphatic carbocycles. The fourth-order valence-electron chi connectivity index (χ4n) is 0.316. The van der Waals surface area contributed by atoms with Crippen molar-refractivity contribution in [2.45, 2.75) is 33.6 Å². The molecule has 0 aliphatic rings. The van der Waals surface area contributed by atoms with E-state index >= 15 is 0 Å². The molecule has 0 rings (SSSR count). The maximum atomic E-state index is 10.4. The van der Waals surface area contributed by atoms with Gasteiger partial charge in [-0.3, -0.25) is 11.1 Å². The van der Waals surface area contributed by atoms with Gasteiger partial charge in [0.2, 0.25) is 5.91 Å². The third-order valence-electron chi connectivity index (χ3n) is 1.68. The van der Waals surface area contributed by atoms with E-state index in [1.54, 1.807) is 32.2 Å². The molecule has 10 heteroatoms. The first-order chi connectivity index (χ1) is 13.3. The monoisotopic (exact) mass is 645 g/mol. The first-order valence-electron chi connectivity index (χ1n) is 10.1. The molecule has 0 saturated heterocycles. The Morgan fingerprint density at radius 2 is 0.941 bits per heavy atom. The second kappa shape index (κ2) is 47.0. The average molecular weight is 646 g/mol. The molecule has 0 unspecified atom stereocenters. The number of amides is 2. The van der Waals surface area contributed by atoms with Gasteiger partial charge in [0.15, 0.2) is 0 Å². The molecule has 0 aromatic carbocycles. The van der Waals surface area contributed by atoms with Crippen molar-refractivity contribution >= 4 is 18.6 Å². The van der Waals surface area contributed by atoms with E-state index in [4.69, 9.17) is 9.59 Å². The maximum Gasteiger partial charge on any atom is 0.221 e. The van der Waals surface area contributed by atoms with Crippen LogP contribution < -0.4 is 5.32 Å². The summed E-state index contributed by atoms with van der Waals surface area (Å²) in [5, 5.41) is 2.12. The molecule has 0 heterocycles. The first-order valence-corrected chi connectivity index (χ1v) is 10.1. The average Bonchev–Trinajstić information content (AvgIpc) is 2.58. The smallest absolute Gasteiger partial charge is 0.221 e. The Balaban J connectivity index is -0.0000000251. The van der Waals surface area contributed by atoms with Gasteiger partial charge in [0.05, 0.1) is 56.4 Å². The zero-order valence-electron chi connectivity index (χ0n) is 26.3. The molecule has 0 spiro atoms. The number of carbonyl (C=O) groups is 1. The third kappa shape index (κ3) is 287. The minimum Gasteiger partial charge on any atom is -0.542 e. The summed E-state index contributed by atoms with van der Waals surface area (Å²) >= 11 is 0. The van der Waals surface area contributed by atoms with Crippen molar-refractivity contribution in [2.75, 3.05) is 98.2 Å². The third-order valence-corrected chi connectivity index (χ3v) is 1.68. The van der Waals surface area contributed by atoms with E-state index in [2.05, 4.69) is 87.6 Å². The van der Waals surface area contributed by atoms with Gasteiger partial charge < -0.3 is 48.5 Å². The Bertz CT molecular complexity index is 327. The Labute approximate surface area is 266 Å². The van der Waals surface area contributed by atoms with Crippen LogP contribution in [-0.2, 0) is 79.8 Å². The summed E-state index contributed by atoms with van der Waals surface area (Å²) < 4.78 is 2.00. The molecule has 0 fully saturated rings. The quantitative estimate of drug-likeness (QED) is 0.290. The van der Waals surface area contributed by atoms with E-state index in [1.165, 1.54) is 13.5 Å². The van der Waals surface area contributed by atoms with Crippen LogP contribution in [0, 0.1) is 14.9 Å². The normalized spacial score (nSPS) is 8.03. The van der Waals surface area contributed by atoms with Crippen LogP contribution in [0.2, 0.25) is 0 Å². The zero-order valence-corrected chi connectivity index (χ0v) is 32.0. The van der Waals surface area contributed by atoms with Gasteiger partial charge >= 0.3 is 0 Å². The van der Waals surface area contributed by atoms with Gasteiger partial charge in [-0.1, -0.05) is 20.8 Å². The van der Waals surface area contributed by atoms with Gasteiger partial charge in [0.25, 0.3) is 0 Å². The molecule has 1 N–H and O–H groups in total. The van der Waals surface area contributed by atoms with Crippen molar-refractivity contribution < 1.29 is 88.8 Å². The largest absolute Gasteiger partial charge is 0.542 e. The number of hydrogen-bond donors (Lipinski definition) is 1.